The summed E-state index contributed by atoms with van der Waals surface area (Å²) in [4.78, 5) is 16.7. The van der Waals surface area contributed by atoms with Crippen molar-refractivity contribution in [1.29, 1.82) is 5.26 Å². The molecule has 3 rings (SSSR count). The summed E-state index contributed by atoms with van der Waals surface area (Å²) in [5.41, 5.74) is 1.04. The molecule has 1 aromatic rings. The van der Waals surface area contributed by atoms with E-state index in [1.165, 1.54) is 25.3 Å². The van der Waals surface area contributed by atoms with Crippen LogP contribution in [0.5, 0.6) is 0 Å². The second kappa shape index (κ2) is 12.0. The maximum absolute atomic E-state index is 13.6. The van der Waals surface area contributed by atoms with Gasteiger partial charge in [-0.3, -0.25) is 9.69 Å². The van der Waals surface area contributed by atoms with Gasteiger partial charge in [-0.25, -0.2) is 4.39 Å². The van der Waals surface area contributed by atoms with E-state index in [0.717, 1.165) is 63.6 Å². The number of hydrogen-bond donors (Lipinski definition) is 1. The average Bonchev–Trinajstić information content (AvgIpc) is 2.79. The van der Waals surface area contributed by atoms with Crippen molar-refractivity contribution in [3.63, 3.8) is 0 Å². The quantitative estimate of drug-likeness (QED) is 0.609. The Morgan fingerprint density at radius 2 is 1.97 bits per heavy atom. The lowest BCUT2D eigenvalue weighted by Crippen LogP contribution is -2.47. The van der Waals surface area contributed by atoms with E-state index in [1.54, 1.807) is 19.2 Å². The first-order valence-corrected chi connectivity index (χ1v) is 11.5. The number of carbonyl (C=O) groups is 1. The van der Waals surface area contributed by atoms with Crippen LogP contribution in [0.25, 0.3) is 0 Å². The average molecular weight is 431 g/mol. The summed E-state index contributed by atoms with van der Waals surface area (Å²) in [7, 11) is 1.66. The minimum absolute atomic E-state index is 0.113. The van der Waals surface area contributed by atoms with E-state index in [0.29, 0.717) is 19.1 Å². The number of hydrogen-bond acceptors (Lipinski definition) is 5. The fourth-order valence-electron chi connectivity index (χ4n) is 4.66. The van der Waals surface area contributed by atoms with E-state index in [-0.39, 0.29) is 11.5 Å². The molecule has 1 N–H and O–H groups in total. The maximum atomic E-state index is 13.6. The minimum atomic E-state index is -0.453. The van der Waals surface area contributed by atoms with Crippen molar-refractivity contribution in [3.8, 4) is 6.07 Å². The van der Waals surface area contributed by atoms with Crippen LogP contribution in [0.2, 0.25) is 0 Å². The molecule has 170 valence electrons. The van der Waals surface area contributed by atoms with Crippen molar-refractivity contribution in [2.45, 2.75) is 51.0 Å². The van der Waals surface area contributed by atoms with Gasteiger partial charge in [0, 0.05) is 58.0 Å². The molecule has 0 unspecified atom stereocenters. The van der Waals surface area contributed by atoms with Gasteiger partial charge in [-0.2, -0.15) is 5.26 Å². The molecule has 7 heteroatoms. The van der Waals surface area contributed by atoms with E-state index in [1.807, 2.05) is 6.07 Å². The van der Waals surface area contributed by atoms with Crippen LogP contribution in [-0.2, 0) is 9.53 Å². The standard InChI is InChI=1S/C24H35FN4O2/c1-31-16-2-3-24(30)27-21-6-4-19(5-7-21)10-11-28-12-14-29(15-13-28)22-8-9-23(25)20(17-22)18-26/h8-9,17,19,21H,2-7,10-16H2,1H3,(H,27,30)/t19-,21-. The molecule has 2 aliphatic rings. The highest BCUT2D eigenvalue weighted by atomic mass is 19.1. The van der Waals surface area contributed by atoms with Crippen LogP contribution in [0.4, 0.5) is 10.1 Å². The normalized spacial score (nSPS) is 22.2. The molecule has 0 atom stereocenters. The molecule has 6 nitrogen and oxygen atoms in total. The van der Waals surface area contributed by atoms with Gasteiger partial charge >= 0.3 is 0 Å². The van der Waals surface area contributed by atoms with Crippen LogP contribution >= 0.6 is 0 Å². The van der Waals surface area contributed by atoms with Gasteiger partial charge in [0.25, 0.3) is 0 Å². The minimum Gasteiger partial charge on any atom is -0.385 e. The Kier molecular flexibility index (Phi) is 9.11. The van der Waals surface area contributed by atoms with Gasteiger partial charge in [-0.1, -0.05) is 0 Å². The number of nitrogens with one attached hydrogen (secondary N) is 1. The molecule has 0 radical (unpaired) electrons. The predicted molar refractivity (Wildman–Crippen MR) is 119 cm³/mol. The SMILES string of the molecule is COCCCC(=O)N[C@H]1CC[C@H](CCN2CCN(c3ccc(F)c(C#N)c3)CC2)CC1. The van der Waals surface area contributed by atoms with E-state index in [2.05, 4.69) is 15.1 Å². The van der Waals surface area contributed by atoms with E-state index >= 15 is 0 Å². The van der Waals surface area contributed by atoms with Gasteiger partial charge in [0.2, 0.25) is 5.91 Å². The largest absolute Gasteiger partial charge is 0.385 e. The molecule has 2 fully saturated rings. The van der Waals surface area contributed by atoms with Crippen LogP contribution in [-0.4, -0.2) is 63.3 Å². The lowest BCUT2D eigenvalue weighted by molar-refractivity contribution is -0.122. The summed E-state index contributed by atoms with van der Waals surface area (Å²) in [6, 6.07) is 7.07. The second-order valence-electron chi connectivity index (χ2n) is 8.77. The number of piperazine rings is 1. The lowest BCUT2D eigenvalue weighted by Gasteiger charge is -2.37. The summed E-state index contributed by atoms with van der Waals surface area (Å²) in [5.74, 6) is 0.446. The van der Waals surface area contributed by atoms with E-state index in [4.69, 9.17) is 10.00 Å². The van der Waals surface area contributed by atoms with Gasteiger partial charge in [0.1, 0.15) is 11.9 Å². The predicted octanol–water partition coefficient (Wildman–Crippen LogP) is 3.31. The van der Waals surface area contributed by atoms with Crippen molar-refractivity contribution in [1.82, 2.24) is 10.2 Å². The summed E-state index contributed by atoms with van der Waals surface area (Å²) >= 11 is 0. The second-order valence-corrected chi connectivity index (χ2v) is 8.77. The van der Waals surface area contributed by atoms with Gasteiger partial charge in [-0.15, -0.1) is 0 Å². The number of anilines is 1. The first-order valence-electron chi connectivity index (χ1n) is 11.5. The Hall–Kier alpha value is -2.17. The number of nitriles is 1. The molecule has 0 spiro atoms. The smallest absolute Gasteiger partial charge is 0.220 e. The Morgan fingerprint density at radius 1 is 1.23 bits per heavy atom. The number of halogens is 1. The first-order chi connectivity index (χ1) is 15.1. The van der Waals surface area contributed by atoms with Crippen molar-refractivity contribution < 1.29 is 13.9 Å². The van der Waals surface area contributed by atoms with Gasteiger partial charge < -0.3 is 15.0 Å². The van der Waals surface area contributed by atoms with Crippen LogP contribution < -0.4 is 10.2 Å². The molecule has 31 heavy (non-hydrogen) atoms. The molecule has 1 heterocycles. The summed E-state index contributed by atoms with van der Waals surface area (Å²) in [6.07, 6.45) is 7.09. The number of carbonyl (C=O) groups excluding carboxylic acids is 1. The molecule has 0 bridgehead atoms. The highest BCUT2D eigenvalue weighted by molar-refractivity contribution is 5.76. The maximum Gasteiger partial charge on any atom is 0.220 e. The zero-order chi connectivity index (χ0) is 22.1. The van der Waals surface area contributed by atoms with Crippen LogP contribution in [0.1, 0.15) is 50.5 Å². The number of ether oxygens (including phenoxy) is 1. The molecule has 1 aliphatic heterocycles. The Bertz CT molecular complexity index is 750. The van der Waals surface area contributed by atoms with Gasteiger partial charge in [0.05, 0.1) is 5.56 Å². The summed E-state index contributed by atoms with van der Waals surface area (Å²) in [6.45, 7) is 5.54. The first kappa shape index (κ1) is 23.5. The molecule has 1 saturated carbocycles. The van der Waals surface area contributed by atoms with E-state index < -0.39 is 5.82 Å². The third-order valence-corrected chi connectivity index (χ3v) is 6.63. The summed E-state index contributed by atoms with van der Waals surface area (Å²) < 4.78 is 18.6. The Balaban J connectivity index is 1.32. The lowest BCUT2D eigenvalue weighted by atomic mass is 9.84. The molecular formula is C24H35FN4O2. The van der Waals surface area contributed by atoms with Crippen molar-refractivity contribution in [2.75, 3.05) is 51.3 Å². The fourth-order valence-corrected chi connectivity index (χ4v) is 4.66. The van der Waals surface area contributed by atoms with Crippen molar-refractivity contribution >= 4 is 11.6 Å². The fraction of sp³-hybridized carbons (Fsp3) is 0.667. The Morgan fingerprint density at radius 3 is 2.65 bits per heavy atom. The number of benzene rings is 1. The molecule has 1 aliphatic carbocycles. The zero-order valence-corrected chi connectivity index (χ0v) is 18.6. The topological polar surface area (TPSA) is 68.6 Å². The van der Waals surface area contributed by atoms with Crippen molar-refractivity contribution in [2.24, 2.45) is 5.92 Å². The molecule has 0 aromatic heterocycles. The number of methoxy groups -OCH3 is 1. The highest BCUT2D eigenvalue weighted by Gasteiger charge is 2.24. The molecule has 1 amide bonds. The summed E-state index contributed by atoms with van der Waals surface area (Å²) in [5, 5.41) is 12.2. The van der Waals surface area contributed by atoms with Crippen LogP contribution in [0.15, 0.2) is 18.2 Å². The van der Waals surface area contributed by atoms with Crippen molar-refractivity contribution in [3.05, 3.63) is 29.6 Å². The highest BCUT2D eigenvalue weighted by Crippen LogP contribution is 2.27. The van der Waals surface area contributed by atoms with Gasteiger partial charge in [-0.05, 0) is 69.2 Å². The van der Waals surface area contributed by atoms with E-state index in [9.17, 15) is 9.18 Å². The molecule has 1 aromatic carbocycles. The molecule has 1 saturated heterocycles. The monoisotopic (exact) mass is 430 g/mol. The number of nitrogens with zero attached hydrogens (tertiary/aromatic N) is 3. The third-order valence-electron chi connectivity index (χ3n) is 6.63. The Labute approximate surface area is 185 Å². The van der Waals surface area contributed by atoms with Crippen LogP contribution in [0, 0.1) is 23.1 Å². The zero-order valence-electron chi connectivity index (χ0n) is 18.6. The molecular weight excluding hydrogens is 395 g/mol. The number of amides is 1. The van der Waals surface area contributed by atoms with Crippen LogP contribution in [0.3, 0.4) is 0 Å². The van der Waals surface area contributed by atoms with Gasteiger partial charge in [0.15, 0.2) is 0 Å². The number of rotatable bonds is 9. The third kappa shape index (κ3) is 7.19.